The van der Waals surface area contributed by atoms with E-state index in [0.717, 1.165) is 18.7 Å². The Morgan fingerprint density at radius 3 is 2.40 bits per heavy atom. The zero-order chi connectivity index (χ0) is 24.9. The highest BCUT2D eigenvalue weighted by molar-refractivity contribution is 6.04. The van der Waals surface area contributed by atoms with Crippen molar-refractivity contribution in [3.63, 3.8) is 0 Å². The maximum Gasteiger partial charge on any atom is 0.274 e. The topological polar surface area (TPSA) is 94.9 Å². The third-order valence-corrected chi connectivity index (χ3v) is 6.27. The average molecular weight is 481 g/mol. The number of morpholine rings is 1. The monoisotopic (exact) mass is 480 g/mol. The lowest BCUT2D eigenvalue weighted by Gasteiger charge is -2.35. The van der Waals surface area contributed by atoms with Crippen molar-refractivity contribution in [1.29, 1.82) is 0 Å². The van der Waals surface area contributed by atoms with Crippen LogP contribution in [-0.4, -0.2) is 67.7 Å². The first-order valence-corrected chi connectivity index (χ1v) is 11.8. The summed E-state index contributed by atoms with van der Waals surface area (Å²) in [6.07, 6.45) is 0. The second-order valence-electron chi connectivity index (χ2n) is 8.73. The van der Waals surface area contributed by atoms with Crippen LogP contribution in [0, 0.1) is 0 Å². The van der Waals surface area contributed by atoms with Crippen LogP contribution in [0.5, 0.6) is 11.5 Å². The fraction of sp³-hybridized carbons (Fsp3) is 0.423. The lowest BCUT2D eigenvalue weighted by atomic mass is 10.0. The van der Waals surface area contributed by atoms with Gasteiger partial charge in [0.05, 0.1) is 44.9 Å². The fourth-order valence-corrected chi connectivity index (χ4v) is 4.40. The summed E-state index contributed by atoms with van der Waals surface area (Å²) in [5.74, 6) is 0.952. The van der Waals surface area contributed by atoms with Crippen molar-refractivity contribution in [1.82, 2.24) is 20.0 Å². The van der Waals surface area contributed by atoms with Gasteiger partial charge < -0.3 is 19.5 Å². The molecule has 0 spiro atoms. The predicted molar refractivity (Wildman–Crippen MR) is 133 cm³/mol. The van der Waals surface area contributed by atoms with Gasteiger partial charge in [-0.05, 0) is 37.6 Å². The molecule has 1 atom stereocenters. The van der Waals surface area contributed by atoms with E-state index in [4.69, 9.17) is 14.2 Å². The molecule has 1 unspecified atom stereocenters. The van der Waals surface area contributed by atoms with Crippen LogP contribution in [0.2, 0.25) is 0 Å². The molecule has 2 heterocycles. The predicted octanol–water partition coefficient (Wildman–Crippen LogP) is 2.80. The number of hydrogen-bond donors (Lipinski definition) is 1. The van der Waals surface area contributed by atoms with E-state index < -0.39 is 0 Å². The van der Waals surface area contributed by atoms with Crippen LogP contribution in [-0.2, 0) is 4.74 Å². The van der Waals surface area contributed by atoms with Crippen molar-refractivity contribution in [3.8, 4) is 11.5 Å². The number of amides is 1. The molecule has 3 aromatic rings. The number of fused-ring (bicyclic) bond motifs is 1. The van der Waals surface area contributed by atoms with Gasteiger partial charge in [-0.15, -0.1) is 0 Å². The molecule has 9 heteroatoms. The van der Waals surface area contributed by atoms with Crippen molar-refractivity contribution < 1.29 is 19.0 Å². The van der Waals surface area contributed by atoms with E-state index in [1.54, 1.807) is 38.5 Å². The summed E-state index contributed by atoms with van der Waals surface area (Å²) in [4.78, 5) is 28.5. The van der Waals surface area contributed by atoms with Crippen LogP contribution >= 0.6 is 0 Å². The Morgan fingerprint density at radius 1 is 1.06 bits per heavy atom. The van der Waals surface area contributed by atoms with Gasteiger partial charge in [0.15, 0.2) is 17.2 Å². The van der Waals surface area contributed by atoms with Gasteiger partial charge in [-0.2, -0.15) is 5.10 Å². The molecule has 1 aliphatic rings. The quantitative estimate of drug-likeness (QED) is 0.530. The summed E-state index contributed by atoms with van der Waals surface area (Å²) in [6.45, 7) is 6.84. The fourth-order valence-electron chi connectivity index (χ4n) is 4.40. The van der Waals surface area contributed by atoms with E-state index in [0.29, 0.717) is 42.0 Å². The molecule has 1 amide bonds. The number of rotatable bonds is 8. The van der Waals surface area contributed by atoms with E-state index in [2.05, 4.69) is 15.3 Å². The van der Waals surface area contributed by atoms with Crippen LogP contribution in [0.4, 0.5) is 0 Å². The second kappa shape index (κ2) is 10.9. The number of benzene rings is 2. The standard InChI is InChI=1S/C26H32N4O5/c1-17(2)30-26(32)20-8-6-5-7-19(20)24(28-30)25(31)27-16-21(29-11-13-35-14-12-29)18-9-10-22(33-3)23(15-18)34-4/h5-10,15,17,21H,11-14,16H2,1-4H3,(H,27,31). The van der Waals surface area contributed by atoms with Crippen molar-refractivity contribution in [2.45, 2.75) is 25.9 Å². The molecule has 186 valence electrons. The summed E-state index contributed by atoms with van der Waals surface area (Å²) in [6, 6.07) is 12.6. The third kappa shape index (κ3) is 5.16. The van der Waals surface area contributed by atoms with Gasteiger partial charge >= 0.3 is 0 Å². The highest BCUT2D eigenvalue weighted by Crippen LogP contribution is 2.32. The van der Waals surface area contributed by atoms with Gasteiger partial charge in [-0.25, -0.2) is 4.68 Å². The lowest BCUT2D eigenvalue weighted by Crippen LogP contribution is -2.44. The van der Waals surface area contributed by atoms with Crippen LogP contribution in [0.25, 0.3) is 10.8 Å². The van der Waals surface area contributed by atoms with Crippen LogP contribution in [0.15, 0.2) is 47.3 Å². The molecular formula is C26H32N4O5. The molecule has 0 radical (unpaired) electrons. The number of methoxy groups -OCH3 is 2. The largest absolute Gasteiger partial charge is 0.493 e. The molecule has 2 aromatic carbocycles. The molecule has 0 aliphatic carbocycles. The number of nitrogens with zero attached hydrogens (tertiary/aromatic N) is 3. The minimum absolute atomic E-state index is 0.107. The minimum Gasteiger partial charge on any atom is -0.493 e. The van der Waals surface area contributed by atoms with Gasteiger partial charge in [0.25, 0.3) is 11.5 Å². The van der Waals surface area contributed by atoms with Crippen molar-refractivity contribution in [3.05, 3.63) is 64.1 Å². The summed E-state index contributed by atoms with van der Waals surface area (Å²) in [5.41, 5.74) is 1.03. The molecule has 0 bridgehead atoms. The van der Waals surface area contributed by atoms with Gasteiger partial charge in [-0.3, -0.25) is 14.5 Å². The molecule has 35 heavy (non-hydrogen) atoms. The highest BCUT2D eigenvalue weighted by atomic mass is 16.5. The normalized spacial score (nSPS) is 15.2. The summed E-state index contributed by atoms with van der Waals surface area (Å²) in [7, 11) is 3.21. The van der Waals surface area contributed by atoms with Crippen LogP contribution < -0.4 is 20.3 Å². The lowest BCUT2D eigenvalue weighted by molar-refractivity contribution is 0.0161. The van der Waals surface area contributed by atoms with Gasteiger partial charge in [0.2, 0.25) is 0 Å². The highest BCUT2D eigenvalue weighted by Gasteiger charge is 2.26. The zero-order valence-electron chi connectivity index (χ0n) is 20.6. The zero-order valence-corrected chi connectivity index (χ0v) is 20.6. The maximum atomic E-state index is 13.4. The van der Waals surface area contributed by atoms with E-state index in [1.165, 1.54) is 4.68 Å². The number of ether oxygens (including phenoxy) is 3. The first-order chi connectivity index (χ1) is 16.9. The SMILES string of the molecule is COc1ccc(C(CNC(=O)c2nn(C(C)C)c(=O)c3ccccc23)N2CCOCC2)cc1OC. The number of carbonyl (C=O) groups is 1. The molecule has 0 saturated carbocycles. The van der Waals surface area contributed by atoms with E-state index in [9.17, 15) is 9.59 Å². The van der Waals surface area contributed by atoms with Crippen LogP contribution in [0.1, 0.15) is 42.0 Å². The van der Waals surface area contributed by atoms with Crippen LogP contribution in [0.3, 0.4) is 0 Å². The summed E-state index contributed by atoms with van der Waals surface area (Å²) in [5, 5.41) is 8.52. The second-order valence-corrected chi connectivity index (χ2v) is 8.73. The Hall–Kier alpha value is -3.43. The van der Waals surface area contributed by atoms with Gasteiger partial charge in [0, 0.05) is 25.0 Å². The molecule has 9 nitrogen and oxygen atoms in total. The number of aromatic nitrogens is 2. The Morgan fingerprint density at radius 2 is 1.74 bits per heavy atom. The smallest absolute Gasteiger partial charge is 0.274 e. The average Bonchev–Trinajstić information content (AvgIpc) is 2.89. The Bertz CT molecular complexity index is 1250. The molecule has 1 saturated heterocycles. The first kappa shape index (κ1) is 24.7. The van der Waals surface area contributed by atoms with E-state index >= 15 is 0 Å². The Labute approximate surface area is 204 Å². The Balaban J connectivity index is 1.66. The summed E-state index contributed by atoms with van der Waals surface area (Å²) >= 11 is 0. The third-order valence-electron chi connectivity index (χ3n) is 6.27. The molecule has 1 N–H and O–H groups in total. The molecule has 4 rings (SSSR count). The molecule has 1 aliphatic heterocycles. The van der Waals surface area contributed by atoms with Gasteiger partial charge in [-0.1, -0.05) is 24.3 Å². The van der Waals surface area contributed by atoms with Gasteiger partial charge in [0.1, 0.15) is 0 Å². The van der Waals surface area contributed by atoms with Crippen molar-refractivity contribution in [2.75, 3.05) is 47.1 Å². The maximum absolute atomic E-state index is 13.4. The number of hydrogen-bond acceptors (Lipinski definition) is 7. The van der Waals surface area contributed by atoms with Crippen molar-refractivity contribution >= 4 is 16.7 Å². The Kier molecular flexibility index (Phi) is 7.67. The number of carbonyl (C=O) groups excluding carboxylic acids is 1. The molecule has 1 fully saturated rings. The van der Waals surface area contributed by atoms with Crippen molar-refractivity contribution in [2.24, 2.45) is 0 Å². The van der Waals surface area contributed by atoms with E-state index in [-0.39, 0.29) is 29.2 Å². The first-order valence-electron chi connectivity index (χ1n) is 11.8. The number of nitrogens with one attached hydrogen (secondary N) is 1. The molecular weight excluding hydrogens is 448 g/mol. The van der Waals surface area contributed by atoms with E-state index in [1.807, 2.05) is 32.0 Å². The summed E-state index contributed by atoms with van der Waals surface area (Å²) < 4.78 is 17.8. The molecule has 1 aromatic heterocycles. The minimum atomic E-state index is -0.325.